The number of fused-ring (bicyclic) bond motifs is 2. The highest BCUT2D eigenvalue weighted by molar-refractivity contribution is 6.00. The molecule has 240 valence electrons. The first-order chi connectivity index (χ1) is 21.9. The van der Waals surface area contributed by atoms with E-state index in [0.29, 0.717) is 40.8 Å². The third-order valence-corrected chi connectivity index (χ3v) is 9.52. The summed E-state index contributed by atoms with van der Waals surface area (Å²) in [6, 6.07) is 9.62. The van der Waals surface area contributed by atoms with Crippen LogP contribution >= 0.6 is 0 Å². The molecule has 9 nitrogen and oxygen atoms in total. The number of rotatable bonds is 9. The molecule has 1 aliphatic heterocycles. The van der Waals surface area contributed by atoms with Gasteiger partial charge in [-0.05, 0) is 86.9 Å². The lowest BCUT2D eigenvalue weighted by molar-refractivity contribution is -0.191. The number of carbonyl (C=O) groups excluding carboxylic acids is 1. The van der Waals surface area contributed by atoms with Crippen molar-refractivity contribution in [3.63, 3.8) is 0 Å². The average Bonchev–Trinajstić information content (AvgIpc) is 3.88. The van der Waals surface area contributed by atoms with Crippen molar-refractivity contribution >= 4 is 16.8 Å². The number of nitrogens with zero attached hydrogens (tertiary/aromatic N) is 3. The minimum absolute atomic E-state index is 0.00476. The molecule has 0 bridgehead atoms. The van der Waals surface area contributed by atoms with Gasteiger partial charge in [-0.2, -0.15) is 18.3 Å². The lowest BCUT2D eigenvalue weighted by Gasteiger charge is -2.31. The third-order valence-electron chi connectivity index (χ3n) is 9.52. The SMILES string of the molecule is NC(=O)c1cc(OC2CC2)c2nn(C3CC3)c(C[C@@](O)(c3cc4c(c(-c5ccc(F)cc5)n3)OC[C@@]4(N)C(F)(F)F)C3CC3)c2c1. The van der Waals surface area contributed by atoms with E-state index in [-0.39, 0.29) is 52.7 Å². The molecule has 1 amide bonds. The van der Waals surface area contributed by atoms with Crippen molar-refractivity contribution in [2.45, 2.75) is 74.4 Å². The molecule has 0 radical (unpaired) electrons. The predicted molar refractivity (Wildman–Crippen MR) is 158 cm³/mol. The molecule has 3 aliphatic carbocycles. The Bertz CT molecular complexity index is 1900. The number of aliphatic hydroxyl groups is 1. The van der Waals surface area contributed by atoms with Crippen LogP contribution in [0, 0.1) is 11.7 Å². The maximum absolute atomic E-state index is 14.5. The van der Waals surface area contributed by atoms with Gasteiger partial charge in [-0.3, -0.25) is 9.48 Å². The standard InChI is InChI=1S/C33H31F4N5O4/c34-19-5-1-16(2-6-19)27-29-23(32(39,15-45-29)33(35,36)37)13-26(40-27)31(44,18-3-4-18)14-24-22-11-17(30(38)43)12-25(46-21-9-10-21)28(22)41-42(24)20-7-8-20/h1-2,5-6,11-13,18,20-21,44H,3-4,7-10,14-15,39H2,(H2,38,43)/t31-,32-/m0/s1. The minimum atomic E-state index is -4.88. The van der Waals surface area contributed by atoms with E-state index in [9.17, 15) is 27.5 Å². The fourth-order valence-corrected chi connectivity index (χ4v) is 6.41. The van der Waals surface area contributed by atoms with Gasteiger partial charge in [-0.25, -0.2) is 9.37 Å². The molecule has 2 aromatic carbocycles. The van der Waals surface area contributed by atoms with Crippen molar-refractivity contribution in [1.29, 1.82) is 0 Å². The second-order valence-corrected chi connectivity index (χ2v) is 13.0. The van der Waals surface area contributed by atoms with Crippen LogP contribution in [0.15, 0.2) is 42.5 Å². The largest absolute Gasteiger partial charge is 0.488 e. The monoisotopic (exact) mass is 637 g/mol. The fourth-order valence-electron chi connectivity index (χ4n) is 6.41. The van der Waals surface area contributed by atoms with Gasteiger partial charge in [0.25, 0.3) is 0 Å². The quantitative estimate of drug-likeness (QED) is 0.216. The van der Waals surface area contributed by atoms with E-state index < -0.39 is 35.6 Å². The number of alkyl halides is 3. The summed E-state index contributed by atoms with van der Waals surface area (Å²) in [7, 11) is 0. The van der Waals surface area contributed by atoms with Gasteiger partial charge in [0.15, 0.2) is 11.3 Å². The fraction of sp³-hybridized carbons (Fsp3) is 0.424. The molecule has 13 heteroatoms. The summed E-state index contributed by atoms with van der Waals surface area (Å²) in [5.74, 6) is -1.25. The molecule has 2 atom stereocenters. The van der Waals surface area contributed by atoms with E-state index in [1.54, 1.807) is 12.1 Å². The maximum atomic E-state index is 14.5. The molecule has 8 rings (SSSR count). The van der Waals surface area contributed by atoms with Crippen molar-refractivity contribution in [2.75, 3.05) is 6.61 Å². The number of ether oxygens (including phenoxy) is 2. The number of carbonyl (C=O) groups is 1. The summed E-state index contributed by atoms with van der Waals surface area (Å²) in [6.45, 7) is -0.869. The Labute approximate surface area is 260 Å². The van der Waals surface area contributed by atoms with Crippen LogP contribution in [0.2, 0.25) is 0 Å². The highest BCUT2D eigenvalue weighted by Gasteiger charge is 2.60. The van der Waals surface area contributed by atoms with Gasteiger partial charge in [-0.15, -0.1) is 0 Å². The zero-order valence-electron chi connectivity index (χ0n) is 24.6. The number of benzene rings is 2. The van der Waals surface area contributed by atoms with Crippen molar-refractivity contribution in [3.05, 3.63) is 70.8 Å². The summed E-state index contributed by atoms with van der Waals surface area (Å²) in [4.78, 5) is 17.1. The molecule has 3 saturated carbocycles. The molecule has 3 heterocycles. The molecule has 0 saturated heterocycles. The van der Waals surface area contributed by atoms with E-state index >= 15 is 0 Å². The highest BCUT2D eigenvalue weighted by atomic mass is 19.4. The topological polar surface area (TPSA) is 139 Å². The molecule has 4 aromatic rings. The van der Waals surface area contributed by atoms with Crippen molar-refractivity contribution in [1.82, 2.24) is 14.8 Å². The Kier molecular flexibility index (Phi) is 6.27. The number of nitrogens with two attached hydrogens (primary N) is 2. The maximum Gasteiger partial charge on any atom is 0.414 e. The Hall–Kier alpha value is -4.23. The van der Waals surface area contributed by atoms with Crippen LogP contribution in [0.4, 0.5) is 17.6 Å². The van der Waals surface area contributed by atoms with Crippen molar-refractivity contribution in [2.24, 2.45) is 17.4 Å². The van der Waals surface area contributed by atoms with Gasteiger partial charge in [0.05, 0.1) is 23.5 Å². The molecule has 0 spiro atoms. The molecular formula is C33H31F4N5O4. The van der Waals surface area contributed by atoms with E-state index in [1.165, 1.54) is 30.3 Å². The Morgan fingerprint density at radius 1 is 1.09 bits per heavy atom. The van der Waals surface area contributed by atoms with Crippen LogP contribution in [0.3, 0.4) is 0 Å². The molecular weight excluding hydrogens is 606 g/mol. The van der Waals surface area contributed by atoms with Crippen LogP contribution in [-0.4, -0.2) is 44.7 Å². The van der Waals surface area contributed by atoms with Gasteiger partial charge >= 0.3 is 6.18 Å². The number of primary amides is 1. The Balaban J connectivity index is 1.32. The second-order valence-electron chi connectivity index (χ2n) is 13.0. The molecule has 4 aliphatic rings. The summed E-state index contributed by atoms with van der Waals surface area (Å²) in [6.07, 6.45) is -0.227. The van der Waals surface area contributed by atoms with Crippen LogP contribution in [0.1, 0.15) is 71.9 Å². The van der Waals surface area contributed by atoms with Crippen LogP contribution in [0.25, 0.3) is 22.2 Å². The van der Waals surface area contributed by atoms with Crippen LogP contribution in [0.5, 0.6) is 11.5 Å². The van der Waals surface area contributed by atoms with Gasteiger partial charge in [-0.1, -0.05) is 0 Å². The zero-order valence-corrected chi connectivity index (χ0v) is 24.6. The normalized spacial score (nSPS) is 22.4. The zero-order chi connectivity index (χ0) is 32.2. The smallest absolute Gasteiger partial charge is 0.414 e. The lowest BCUT2D eigenvalue weighted by Crippen LogP contribution is -2.52. The lowest BCUT2D eigenvalue weighted by atomic mass is 9.83. The second kappa shape index (κ2) is 9.88. The van der Waals surface area contributed by atoms with Crippen LogP contribution in [-0.2, 0) is 17.6 Å². The van der Waals surface area contributed by atoms with Gasteiger partial charge in [0, 0.05) is 28.5 Å². The first kappa shape index (κ1) is 29.2. The highest BCUT2D eigenvalue weighted by Crippen LogP contribution is 2.54. The Morgan fingerprint density at radius 2 is 1.80 bits per heavy atom. The van der Waals surface area contributed by atoms with E-state index in [2.05, 4.69) is 0 Å². The molecule has 2 aromatic heterocycles. The van der Waals surface area contributed by atoms with Gasteiger partial charge in [0.1, 0.15) is 35.0 Å². The van der Waals surface area contributed by atoms with Gasteiger partial charge in [0.2, 0.25) is 5.91 Å². The predicted octanol–water partition coefficient (Wildman–Crippen LogP) is 5.16. The third kappa shape index (κ3) is 4.70. The van der Waals surface area contributed by atoms with Crippen molar-refractivity contribution < 1.29 is 36.9 Å². The number of hydrogen-bond acceptors (Lipinski definition) is 7. The molecule has 0 unspecified atom stereocenters. The number of hydrogen-bond donors (Lipinski definition) is 3. The van der Waals surface area contributed by atoms with E-state index in [4.69, 9.17) is 31.0 Å². The Morgan fingerprint density at radius 3 is 2.41 bits per heavy atom. The summed E-state index contributed by atoms with van der Waals surface area (Å²) >= 11 is 0. The first-order valence-corrected chi connectivity index (χ1v) is 15.4. The van der Waals surface area contributed by atoms with Crippen LogP contribution < -0.4 is 20.9 Å². The first-order valence-electron chi connectivity index (χ1n) is 15.4. The average molecular weight is 638 g/mol. The van der Waals surface area contributed by atoms with E-state index in [0.717, 1.165) is 25.7 Å². The number of pyridine rings is 1. The summed E-state index contributed by atoms with van der Waals surface area (Å²) in [5, 5.41) is 18.1. The number of amides is 1. The molecule has 5 N–H and O–H groups in total. The van der Waals surface area contributed by atoms with Crippen molar-refractivity contribution in [3.8, 4) is 22.8 Å². The van der Waals surface area contributed by atoms with E-state index in [1.807, 2.05) is 4.68 Å². The summed E-state index contributed by atoms with van der Waals surface area (Å²) < 4.78 is 70.8. The number of halogens is 4. The minimum Gasteiger partial charge on any atom is -0.488 e. The van der Waals surface area contributed by atoms with Gasteiger partial charge < -0.3 is 26.0 Å². The molecule has 46 heavy (non-hydrogen) atoms. The molecule has 3 fully saturated rings. The number of aromatic nitrogens is 3. The summed E-state index contributed by atoms with van der Waals surface area (Å²) in [5.41, 5.74) is 8.45.